The van der Waals surface area contributed by atoms with E-state index in [4.69, 9.17) is 27.9 Å². The molecule has 0 unspecified atom stereocenters. The summed E-state index contributed by atoms with van der Waals surface area (Å²) in [6, 6.07) is 7.54. The van der Waals surface area contributed by atoms with E-state index in [1.807, 2.05) is 41.8 Å². The molecule has 0 aliphatic heterocycles. The Morgan fingerprint density at radius 3 is 2.88 bits per heavy atom. The van der Waals surface area contributed by atoms with E-state index >= 15 is 0 Å². The van der Waals surface area contributed by atoms with Crippen LogP contribution >= 0.6 is 23.2 Å². The van der Waals surface area contributed by atoms with Crippen LogP contribution in [0, 0.1) is 0 Å². The highest BCUT2D eigenvalue weighted by atomic mass is 35.5. The molecular formula is C19H19Cl2N3O2. The summed E-state index contributed by atoms with van der Waals surface area (Å²) < 4.78 is 6.97. The Morgan fingerprint density at radius 2 is 2.15 bits per heavy atom. The van der Waals surface area contributed by atoms with E-state index in [9.17, 15) is 4.79 Å². The monoisotopic (exact) mass is 391 g/mol. The van der Waals surface area contributed by atoms with Gasteiger partial charge < -0.3 is 14.6 Å². The SMILES string of the molecule is COc1cn(Cc2cccc(Cl)c2)c(NC2=C(C)C(Cl)=CCC2)nc1=O. The number of hydrogen-bond donors (Lipinski definition) is 1. The summed E-state index contributed by atoms with van der Waals surface area (Å²) in [5.74, 6) is 0.626. The first-order valence-corrected chi connectivity index (χ1v) is 8.96. The predicted molar refractivity (Wildman–Crippen MR) is 105 cm³/mol. The van der Waals surface area contributed by atoms with Gasteiger partial charge in [0.15, 0.2) is 0 Å². The second-order valence-electron chi connectivity index (χ2n) is 6.02. The zero-order valence-electron chi connectivity index (χ0n) is 14.6. The van der Waals surface area contributed by atoms with E-state index < -0.39 is 5.56 Å². The molecule has 1 aliphatic carbocycles. The molecule has 1 heterocycles. The molecule has 0 radical (unpaired) electrons. The minimum atomic E-state index is -0.423. The zero-order chi connectivity index (χ0) is 18.7. The summed E-state index contributed by atoms with van der Waals surface area (Å²) in [5, 5.41) is 4.65. The molecule has 0 saturated heterocycles. The van der Waals surface area contributed by atoms with Crippen LogP contribution in [0.15, 0.2) is 57.6 Å². The molecule has 2 aromatic rings. The lowest BCUT2D eigenvalue weighted by Crippen LogP contribution is -2.21. The Hall–Kier alpha value is -2.24. The number of aromatic nitrogens is 2. The predicted octanol–water partition coefficient (Wildman–Crippen LogP) is 4.56. The number of methoxy groups -OCH3 is 1. The average molecular weight is 392 g/mol. The number of nitrogens with zero attached hydrogens (tertiary/aromatic N) is 2. The van der Waals surface area contributed by atoms with Crippen LogP contribution < -0.4 is 15.6 Å². The van der Waals surface area contributed by atoms with Crippen molar-refractivity contribution in [3.05, 3.63) is 73.8 Å². The number of hydrogen-bond acceptors (Lipinski definition) is 4. The highest BCUT2D eigenvalue weighted by Crippen LogP contribution is 2.28. The lowest BCUT2D eigenvalue weighted by molar-refractivity contribution is 0.402. The van der Waals surface area contributed by atoms with Gasteiger partial charge in [-0.1, -0.05) is 41.4 Å². The standard InChI is InChI=1S/C19H19Cl2N3O2/c1-12-15(21)7-4-8-16(12)22-19-23-18(25)17(26-2)11-24(19)10-13-5-3-6-14(20)9-13/h3,5-7,9,11H,4,8,10H2,1-2H3,(H,22,23,25). The molecule has 1 N–H and O–H groups in total. The van der Waals surface area contributed by atoms with Gasteiger partial charge >= 0.3 is 5.56 Å². The highest BCUT2D eigenvalue weighted by molar-refractivity contribution is 6.32. The van der Waals surface area contributed by atoms with Crippen LogP contribution in [0.25, 0.3) is 0 Å². The number of anilines is 1. The van der Waals surface area contributed by atoms with Crippen molar-refractivity contribution in [3.8, 4) is 5.75 Å². The topological polar surface area (TPSA) is 56.1 Å². The Labute approximate surface area is 161 Å². The highest BCUT2D eigenvalue weighted by Gasteiger charge is 2.15. The molecule has 1 aromatic heterocycles. The van der Waals surface area contributed by atoms with Crippen molar-refractivity contribution in [1.29, 1.82) is 0 Å². The average Bonchev–Trinajstić information content (AvgIpc) is 2.61. The first-order valence-electron chi connectivity index (χ1n) is 8.20. The van der Waals surface area contributed by atoms with Crippen LogP contribution in [-0.2, 0) is 6.54 Å². The van der Waals surface area contributed by atoms with E-state index in [1.54, 1.807) is 6.20 Å². The second-order valence-corrected chi connectivity index (χ2v) is 6.86. The van der Waals surface area contributed by atoms with Crippen molar-refractivity contribution < 1.29 is 4.74 Å². The summed E-state index contributed by atoms with van der Waals surface area (Å²) >= 11 is 12.3. The number of allylic oxidation sites excluding steroid dienone is 4. The molecule has 0 saturated carbocycles. The number of halogens is 2. The number of benzene rings is 1. The fourth-order valence-electron chi connectivity index (χ4n) is 2.78. The maximum Gasteiger partial charge on any atom is 0.316 e. The molecule has 1 aromatic carbocycles. The second kappa shape index (κ2) is 7.98. The first kappa shape index (κ1) is 18.5. The third-order valence-corrected chi connectivity index (χ3v) is 4.89. The zero-order valence-corrected chi connectivity index (χ0v) is 16.1. The summed E-state index contributed by atoms with van der Waals surface area (Å²) in [7, 11) is 1.45. The first-order chi connectivity index (χ1) is 12.5. The third kappa shape index (κ3) is 4.11. The summed E-state index contributed by atoms with van der Waals surface area (Å²) in [4.78, 5) is 16.3. The molecule has 5 nitrogen and oxygen atoms in total. The van der Waals surface area contributed by atoms with E-state index in [0.717, 1.165) is 34.7 Å². The van der Waals surface area contributed by atoms with Gasteiger partial charge in [0.05, 0.1) is 19.9 Å². The van der Waals surface area contributed by atoms with Gasteiger partial charge in [0.25, 0.3) is 0 Å². The molecule has 0 fully saturated rings. The van der Waals surface area contributed by atoms with Crippen molar-refractivity contribution in [2.45, 2.75) is 26.3 Å². The lowest BCUT2D eigenvalue weighted by atomic mass is 10.0. The molecule has 7 heteroatoms. The smallest absolute Gasteiger partial charge is 0.316 e. The molecule has 136 valence electrons. The van der Waals surface area contributed by atoms with Crippen LogP contribution in [0.1, 0.15) is 25.3 Å². The van der Waals surface area contributed by atoms with Gasteiger partial charge in [-0.3, -0.25) is 4.79 Å². The van der Waals surface area contributed by atoms with Crippen molar-refractivity contribution >= 4 is 29.2 Å². The quantitative estimate of drug-likeness (QED) is 0.811. The normalized spacial score (nSPS) is 14.2. The molecular weight excluding hydrogens is 373 g/mol. The molecule has 1 aliphatic rings. The molecule has 3 rings (SSSR count). The van der Waals surface area contributed by atoms with E-state index in [1.165, 1.54) is 7.11 Å². The number of rotatable bonds is 5. The van der Waals surface area contributed by atoms with Gasteiger partial charge in [-0.15, -0.1) is 0 Å². The van der Waals surface area contributed by atoms with Gasteiger partial charge in [0.1, 0.15) is 0 Å². The number of ether oxygens (including phenoxy) is 1. The van der Waals surface area contributed by atoms with Crippen molar-refractivity contribution in [3.63, 3.8) is 0 Å². The molecule has 0 amide bonds. The van der Waals surface area contributed by atoms with E-state index in [2.05, 4.69) is 10.3 Å². The van der Waals surface area contributed by atoms with Crippen molar-refractivity contribution in [2.75, 3.05) is 12.4 Å². The maximum absolute atomic E-state index is 12.2. The fraction of sp³-hybridized carbons (Fsp3) is 0.263. The van der Waals surface area contributed by atoms with Gasteiger partial charge in [-0.25, -0.2) is 0 Å². The van der Waals surface area contributed by atoms with Crippen LogP contribution in [0.2, 0.25) is 5.02 Å². The summed E-state index contributed by atoms with van der Waals surface area (Å²) in [6.07, 6.45) is 5.28. The lowest BCUT2D eigenvalue weighted by Gasteiger charge is -2.20. The Kier molecular flexibility index (Phi) is 5.69. The minimum Gasteiger partial charge on any atom is -0.490 e. The van der Waals surface area contributed by atoms with Crippen LogP contribution in [0.4, 0.5) is 5.95 Å². The van der Waals surface area contributed by atoms with Crippen LogP contribution in [-0.4, -0.2) is 16.7 Å². The Balaban J connectivity index is 2.01. The summed E-state index contributed by atoms with van der Waals surface area (Å²) in [5.41, 5.74) is 2.47. The summed E-state index contributed by atoms with van der Waals surface area (Å²) in [6.45, 7) is 2.44. The minimum absolute atomic E-state index is 0.185. The maximum atomic E-state index is 12.2. The fourth-order valence-corrected chi connectivity index (χ4v) is 3.22. The molecule has 0 atom stereocenters. The van der Waals surface area contributed by atoms with Gasteiger partial charge in [-0.2, -0.15) is 4.98 Å². The van der Waals surface area contributed by atoms with Gasteiger partial charge in [0, 0.05) is 15.8 Å². The van der Waals surface area contributed by atoms with Gasteiger partial charge in [-0.05, 0) is 43.0 Å². The van der Waals surface area contributed by atoms with Crippen molar-refractivity contribution in [2.24, 2.45) is 0 Å². The number of nitrogens with one attached hydrogen (secondary N) is 1. The molecule has 26 heavy (non-hydrogen) atoms. The van der Waals surface area contributed by atoms with Crippen LogP contribution in [0.5, 0.6) is 5.75 Å². The largest absolute Gasteiger partial charge is 0.490 e. The van der Waals surface area contributed by atoms with E-state index in [-0.39, 0.29) is 5.75 Å². The molecule has 0 spiro atoms. The molecule has 0 bridgehead atoms. The Morgan fingerprint density at radius 1 is 1.35 bits per heavy atom. The van der Waals surface area contributed by atoms with Crippen molar-refractivity contribution in [1.82, 2.24) is 9.55 Å². The van der Waals surface area contributed by atoms with E-state index in [0.29, 0.717) is 17.5 Å². The van der Waals surface area contributed by atoms with Crippen LogP contribution in [0.3, 0.4) is 0 Å². The van der Waals surface area contributed by atoms with Gasteiger partial charge in [0.2, 0.25) is 11.7 Å². The third-order valence-electron chi connectivity index (χ3n) is 4.22. The Bertz CT molecular complexity index is 948.